The second-order valence-electron chi connectivity index (χ2n) is 5.77. The molecule has 0 aromatic heterocycles. The maximum absolute atomic E-state index is 11.2. The van der Waals surface area contributed by atoms with Crippen LogP contribution in [0.15, 0.2) is 48.5 Å². The molecule has 0 heterocycles. The van der Waals surface area contributed by atoms with Crippen molar-refractivity contribution >= 4 is 5.97 Å². The summed E-state index contributed by atoms with van der Waals surface area (Å²) in [7, 11) is 0. The normalized spacial score (nSPS) is 11.0. The molecule has 0 atom stereocenters. The topological polar surface area (TPSA) is 77.8 Å². The molecule has 0 saturated carbocycles. The van der Waals surface area contributed by atoms with Crippen LogP contribution in [0.5, 0.6) is 11.5 Å². The molecule has 2 rings (SSSR count). The van der Waals surface area contributed by atoms with E-state index in [4.69, 9.17) is 11.5 Å². The number of carboxylic acids is 1. The van der Waals surface area contributed by atoms with E-state index in [-0.39, 0.29) is 17.9 Å². The minimum atomic E-state index is -0.877. The van der Waals surface area contributed by atoms with Crippen LogP contribution in [0.4, 0.5) is 0 Å². The Morgan fingerprint density at radius 2 is 1.38 bits per heavy atom. The monoisotopic (exact) mass is 324 g/mol. The third kappa shape index (κ3) is 3.88. The van der Waals surface area contributed by atoms with Gasteiger partial charge in [0, 0.05) is 18.3 Å². The van der Waals surface area contributed by atoms with Gasteiger partial charge < -0.3 is 15.3 Å². The minimum Gasteiger partial charge on any atom is -0.508 e. The molecule has 4 nitrogen and oxygen atoms in total. The highest BCUT2D eigenvalue weighted by molar-refractivity contribution is 5.67. The van der Waals surface area contributed by atoms with E-state index in [0.717, 1.165) is 11.1 Å². The number of hydrogen-bond donors (Lipinski definition) is 3. The fourth-order valence-electron chi connectivity index (χ4n) is 3.04. The Balaban J connectivity index is 2.57. The SMILES string of the molecule is C#CCCC(CCC(=O)O)(c1ccc(O)cc1)c1ccc(O)cc1. The molecule has 0 fully saturated rings. The number of phenolic OH excluding ortho intramolecular Hbond substituents is 2. The zero-order chi connectivity index (χ0) is 17.6. The molecule has 2 aromatic rings. The number of phenols is 2. The average Bonchev–Trinajstić information content (AvgIpc) is 2.57. The number of terminal acetylenes is 1. The molecule has 0 radical (unpaired) electrons. The van der Waals surface area contributed by atoms with Crippen LogP contribution in [-0.2, 0) is 10.2 Å². The van der Waals surface area contributed by atoms with Crippen molar-refractivity contribution < 1.29 is 20.1 Å². The van der Waals surface area contributed by atoms with E-state index in [2.05, 4.69) is 5.92 Å². The molecule has 124 valence electrons. The Hall–Kier alpha value is -2.93. The van der Waals surface area contributed by atoms with Crippen molar-refractivity contribution in [2.24, 2.45) is 0 Å². The van der Waals surface area contributed by atoms with Gasteiger partial charge in [-0.1, -0.05) is 24.3 Å². The van der Waals surface area contributed by atoms with Crippen LogP contribution < -0.4 is 0 Å². The summed E-state index contributed by atoms with van der Waals surface area (Å²) in [5.41, 5.74) is 1.19. The lowest BCUT2D eigenvalue weighted by Gasteiger charge is -2.35. The van der Waals surface area contributed by atoms with Gasteiger partial charge in [-0.05, 0) is 48.2 Å². The van der Waals surface area contributed by atoms with E-state index in [9.17, 15) is 15.0 Å². The molecule has 0 aliphatic heterocycles. The Morgan fingerprint density at radius 1 is 0.917 bits per heavy atom. The van der Waals surface area contributed by atoms with Crippen LogP contribution >= 0.6 is 0 Å². The lowest BCUT2D eigenvalue weighted by molar-refractivity contribution is -0.137. The Morgan fingerprint density at radius 3 is 1.75 bits per heavy atom. The van der Waals surface area contributed by atoms with Crippen molar-refractivity contribution in [3.05, 3.63) is 59.7 Å². The minimum absolute atomic E-state index is 0.00761. The van der Waals surface area contributed by atoms with E-state index in [1.807, 2.05) is 0 Å². The Kier molecular flexibility index (Phi) is 5.49. The van der Waals surface area contributed by atoms with Crippen LogP contribution in [0.25, 0.3) is 0 Å². The summed E-state index contributed by atoms with van der Waals surface area (Å²) in [6.07, 6.45) is 6.88. The van der Waals surface area contributed by atoms with Crippen LogP contribution in [-0.4, -0.2) is 21.3 Å². The lowest BCUT2D eigenvalue weighted by Crippen LogP contribution is -2.29. The number of benzene rings is 2. The van der Waals surface area contributed by atoms with Crippen molar-refractivity contribution in [3.8, 4) is 23.8 Å². The molecule has 24 heavy (non-hydrogen) atoms. The van der Waals surface area contributed by atoms with Gasteiger partial charge in [-0.3, -0.25) is 4.79 Å². The molecular formula is C20H20O4. The molecule has 3 N–H and O–H groups in total. The molecule has 0 amide bonds. The summed E-state index contributed by atoms with van der Waals surface area (Å²) in [6, 6.07) is 13.5. The van der Waals surface area contributed by atoms with Gasteiger partial charge in [0.1, 0.15) is 11.5 Å². The van der Waals surface area contributed by atoms with Crippen molar-refractivity contribution in [3.63, 3.8) is 0 Å². The maximum atomic E-state index is 11.2. The maximum Gasteiger partial charge on any atom is 0.303 e. The molecule has 0 aliphatic carbocycles. The Bertz CT molecular complexity index is 678. The second-order valence-corrected chi connectivity index (χ2v) is 5.77. The summed E-state index contributed by atoms with van der Waals surface area (Å²) in [6.45, 7) is 0. The first-order valence-electron chi connectivity index (χ1n) is 7.72. The first kappa shape index (κ1) is 17.4. The van der Waals surface area contributed by atoms with Crippen LogP contribution in [0.3, 0.4) is 0 Å². The number of aromatic hydroxyl groups is 2. The number of carboxylic acid groups (broad SMARTS) is 1. The highest BCUT2D eigenvalue weighted by Gasteiger charge is 2.34. The molecule has 0 saturated heterocycles. The molecule has 0 bridgehead atoms. The van der Waals surface area contributed by atoms with Gasteiger partial charge in [0.15, 0.2) is 0 Å². The van der Waals surface area contributed by atoms with E-state index >= 15 is 0 Å². The van der Waals surface area contributed by atoms with Crippen molar-refractivity contribution in [1.29, 1.82) is 0 Å². The third-order valence-corrected chi connectivity index (χ3v) is 4.30. The summed E-state index contributed by atoms with van der Waals surface area (Å²) in [5, 5.41) is 28.3. The fourth-order valence-corrected chi connectivity index (χ4v) is 3.04. The molecule has 0 aliphatic rings. The zero-order valence-electron chi connectivity index (χ0n) is 13.3. The first-order chi connectivity index (χ1) is 11.5. The number of carbonyl (C=O) groups is 1. The number of aliphatic carboxylic acids is 1. The van der Waals surface area contributed by atoms with E-state index in [1.165, 1.54) is 0 Å². The van der Waals surface area contributed by atoms with E-state index in [1.54, 1.807) is 48.5 Å². The van der Waals surface area contributed by atoms with Crippen LogP contribution in [0.2, 0.25) is 0 Å². The fraction of sp³-hybridized carbons (Fsp3) is 0.250. The summed E-state index contributed by atoms with van der Waals surface area (Å²) < 4.78 is 0. The van der Waals surface area contributed by atoms with Crippen LogP contribution in [0, 0.1) is 12.3 Å². The van der Waals surface area contributed by atoms with E-state index in [0.29, 0.717) is 19.3 Å². The quantitative estimate of drug-likeness (QED) is 0.679. The summed E-state index contributed by atoms with van der Waals surface area (Å²) in [5.74, 6) is 2.04. The van der Waals surface area contributed by atoms with Crippen molar-refractivity contribution in [2.45, 2.75) is 31.1 Å². The van der Waals surface area contributed by atoms with Gasteiger partial charge in [0.2, 0.25) is 0 Å². The average molecular weight is 324 g/mol. The summed E-state index contributed by atoms with van der Waals surface area (Å²) >= 11 is 0. The highest BCUT2D eigenvalue weighted by Crippen LogP contribution is 2.42. The standard InChI is InChI=1S/C20H20O4/c1-2-3-13-20(14-12-19(23)24,15-4-8-17(21)9-5-15)16-6-10-18(22)11-7-16/h1,4-11,21-22H,3,12-14H2,(H,23,24). The van der Waals surface area contributed by atoms with Crippen molar-refractivity contribution in [2.75, 3.05) is 0 Å². The molecule has 0 unspecified atom stereocenters. The lowest BCUT2D eigenvalue weighted by atomic mass is 9.68. The van der Waals surface area contributed by atoms with Crippen LogP contribution in [0.1, 0.15) is 36.8 Å². The van der Waals surface area contributed by atoms with Gasteiger partial charge in [-0.2, -0.15) is 0 Å². The van der Waals surface area contributed by atoms with Crippen molar-refractivity contribution in [1.82, 2.24) is 0 Å². The van der Waals surface area contributed by atoms with Gasteiger partial charge in [0.05, 0.1) is 0 Å². The van der Waals surface area contributed by atoms with Gasteiger partial charge in [-0.15, -0.1) is 12.3 Å². The molecular weight excluding hydrogens is 304 g/mol. The largest absolute Gasteiger partial charge is 0.508 e. The predicted octanol–water partition coefficient (Wildman–Crippen LogP) is 3.66. The predicted molar refractivity (Wildman–Crippen MR) is 91.9 cm³/mol. The first-order valence-corrected chi connectivity index (χ1v) is 7.72. The molecule has 0 spiro atoms. The number of rotatable bonds is 7. The molecule has 4 heteroatoms. The third-order valence-electron chi connectivity index (χ3n) is 4.30. The summed E-state index contributed by atoms with van der Waals surface area (Å²) in [4.78, 5) is 11.2. The Labute approximate surface area is 141 Å². The highest BCUT2D eigenvalue weighted by atomic mass is 16.4. The smallest absolute Gasteiger partial charge is 0.303 e. The van der Waals surface area contributed by atoms with Gasteiger partial charge >= 0.3 is 5.97 Å². The van der Waals surface area contributed by atoms with E-state index < -0.39 is 11.4 Å². The zero-order valence-corrected chi connectivity index (χ0v) is 13.3. The van der Waals surface area contributed by atoms with Gasteiger partial charge in [-0.25, -0.2) is 0 Å². The van der Waals surface area contributed by atoms with Gasteiger partial charge in [0.25, 0.3) is 0 Å². The number of hydrogen-bond acceptors (Lipinski definition) is 3. The second kappa shape index (κ2) is 7.56. The molecule has 2 aromatic carbocycles.